The van der Waals surface area contributed by atoms with Gasteiger partial charge in [0, 0.05) is 17.8 Å². The fraction of sp³-hybridized carbons (Fsp3) is 0.118. The fourth-order valence-electron chi connectivity index (χ4n) is 3.20. The molecule has 0 saturated carbocycles. The number of aromatic nitrogens is 1. The van der Waals surface area contributed by atoms with Crippen LogP contribution in [0.25, 0.3) is 5.57 Å². The Morgan fingerprint density at radius 1 is 1.17 bits per heavy atom. The number of hydrogen-bond acceptors (Lipinski definition) is 1. The van der Waals surface area contributed by atoms with E-state index >= 15 is 0 Å². The van der Waals surface area contributed by atoms with E-state index in [-0.39, 0.29) is 0 Å². The van der Waals surface area contributed by atoms with Crippen LogP contribution >= 0.6 is 0 Å². The lowest BCUT2D eigenvalue weighted by atomic mass is 9.86. The molecule has 0 radical (unpaired) electrons. The maximum Gasteiger partial charge on any atom is 0.737 e. The summed E-state index contributed by atoms with van der Waals surface area (Å²) in [5.41, 5.74) is 2.76. The summed E-state index contributed by atoms with van der Waals surface area (Å²) in [5.74, 6) is 0.771. The van der Waals surface area contributed by atoms with Gasteiger partial charge in [0.25, 0.3) is 0 Å². The largest absolute Gasteiger partial charge is 0.737 e. The van der Waals surface area contributed by atoms with Gasteiger partial charge in [-0.25, -0.2) is 0 Å². The van der Waals surface area contributed by atoms with Crippen molar-refractivity contribution in [3.05, 3.63) is 71.7 Å². The average Bonchev–Trinajstić information content (AvgIpc) is 3.19. The van der Waals surface area contributed by atoms with E-state index in [2.05, 4.69) is 0 Å². The number of benzene rings is 1. The molecule has 116 valence electrons. The molecule has 0 aliphatic carbocycles. The second-order valence-corrected chi connectivity index (χ2v) is 5.52. The maximum atomic E-state index is 14.7. The van der Waals surface area contributed by atoms with Crippen molar-refractivity contribution in [3.8, 4) is 5.75 Å². The number of hydrogen-bond donors (Lipinski definition) is 0. The normalized spacial score (nSPS) is 17.8. The first-order chi connectivity index (χ1) is 11.1. The molecular weight excluding hydrogens is 297 g/mol. The molecule has 23 heavy (non-hydrogen) atoms. The maximum absolute atomic E-state index is 14.7. The van der Waals surface area contributed by atoms with Crippen LogP contribution in [0.1, 0.15) is 18.2 Å². The summed E-state index contributed by atoms with van der Waals surface area (Å²) in [4.78, 5) is 0. The average molecular weight is 312 g/mol. The van der Waals surface area contributed by atoms with Crippen LogP contribution in [0.5, 0.6) is 5.75 Å². The van der Waals surface area contributed by atoms with Gasteiger partial charge in [-0.05, 0) is 42.9 Å². The highest BCUT2D eigenvalue weighted by Gasteiger charge is 2.51. The lowest BCUT2D eigenvalue weighted by Crippen LogP contribution is -2.49. The van der Waals surface area contributed by atoms with Gasteiger partial charge in [-0.2, -0.15) is 0 Å². The molecule has 1 aromatic heterocycles. The molecule has 2 aromatic rings. The minimum absolute atomic E-state index is 0.533. The summed E-state index contributed by atoms with van der Waals surface area (Å²) < 4.78 is 36.9. The van der Waals surface area contributed by atoms with Crippen LogP contribution in [-0.4, -0.2) is 28.8 Å². The molecule has 2 aliphatic rings. The third kappa shape index (κ3) is 1.98. The van der Waals surface area contributed by atoms with Crippen LogP contribution in [0.3, 0.4) is 0 Å². The Hall–Kier alpha value is -2.63. The van der Waals surface area contributed by atoms with Crippen molar-refractivity contribution < 1.29 is 17.9 Å². The summed E-state index contributed by atoms with van der Waals surface area (Å²) in [5, 5.41) is 0. The van der Waals surface area contributed by atoms with Gasteiger partial charge >= 0.3 is 6.97 Å². The highest BCUT2D eigenvalue weighted by atomic mass is 19.2. The minimum Gasteiger partial charge on any atom is -0.494 e. The summed E-state index contributed by atoms with van der Waals surface area (Å²) in [6.07, 6.45) is 6.27. The van der Waals surface area contributed by atoms with Gasteiger partial charge in [0.15, 0.2) is 5.70 Å². The van der Waals surface area contributed by atoms with Gasteiger partial charge in [-0.15, -0.1) is 0 Å². The summed E-state index contributed by atoms with van der Waals surface area (Å²) in [6.45, 7) is -1.32. The molecule has 0 fully saturated rings. The first kappa shape index (κ1) is 14.0. The molecule has 4 rings (SSSR count). The van der Waals surface area contributed by atoms with E-state index in [1.165, 1.54) is 12.4 Å². The standard InChI is InChI=1S/C17H15BF2N2O/c1-2-23-14-9-7-13(8-10-14)17-15-5-3-11-21(15)18(19,20)22-12-4-6-16(17)22/h3-12H,2H2,1H3. The van der Waals surface area contributed by atoms with Crippen LogP contribution < -0.4 is 4.74 Å². The van der Waals surface area contributed by atoms with Crippen molar-refractivity contribution in [3.63, 3.8) is 0 Å². The topological polar surface area (TPSA) is 17.2 Å². The predicted octanol–water partition coefficient (Wildman–Crippen LogP) is 3.54. The number of nitrogens with zero attached hydrogens (tertiary/aromatic N) is 2. The number of allylic oxidation sites excluding steroid dienone is 2. The Kier molecular flexibility index (Phi) is 3.01. The first-order valence-corrected chi connectivity index (χ1v) is 7.60. The zero-order valence-electron chi connectivity index (χ0n) is 12.6. The minimum atomic E-state index is -3.84. The number of halogens is 2. The summed E-state index contributed by atoms with van der Waals surface area (Å²) >= 11 is 0. The molecule has 0 bridgehead atoms. The Balaban J connectivity index is 1.90. The lowest BCUT2D eigenvalue weighted by molar-refractivity contribution is -0.356. The van der Waals surface area contributed by atoms with E-state index < -0.39 is 6.97 Å². The van der Waals surface area contributed by atoms with E-state index in [4.69, 9.17) is 4.74 Å². The van der Waals surface area contributed by atoms with Crippen LogP contribution in [0.2, 0.25) is 0 Å². The van der Waals surface area contributed by atoms with Gasteiger partial charge < -0.3 is 22.3 Å². The predicted molar refractivity (Wildman–Crippen MR) is 86.9 cm³/mol. The Morgan fingerprint density at radius 3 is 2.70 bits per heavy atom. The van der Waals surface area contributed by atoms with Crippen LogP contribution in [0.4, 0.5) is 8.63 Å². The molecule has 6 heteroatoms. The molecule has 3 heterocycles. The van der Waals surface area contributed by atoms with Gasteiger partial charge in [0.1, 0.15) is 12.0 Å². The second-order valence-electron chi connectivity index (χ2n) is 5.52. The van der Waals surface area contributed by atoms with Crippen molar-refractivity contribution in [1.82, 2.24) is 4.48 Å². The molecule has 0 N–H and O–H groups in total. The molecular formula is C17H15BF2N2O. The molecule has 0 spiro atoms. The fourth-order valence-corrected chi connectivity index (χ4v) is 3.20. The third-order valence-corrected chi connectivity index (χ3v) is 4.19. The van der Waals surface area contributed by atoms with E-state index in [0.29, 0.717) is 18.0 Å². The molecule has 2 aliphatic heterocycles. The van der Waals surface area contributed by atoms with Gasteiger partial charge in [-0.3, -0.25) is 0 Å². The van der Waals surface area contributed by atoms with Crippen molar-refractivity contribution in [2.45, 2.75) is 6.92 Å². The Bertz CT molecular complexity index is 863. The Labute approximate surface area is 132 Å². The van der Waals surface area contributed by atoms with Crippen LogP contribution in [0, 0.1) is 0 Å². The molecule has 0 unspecified atom stereocenters. The number of ether oxygens (including phenoxy) is 1. The van der Waals surface area contributed by atoms with Crippen molar-refractivity contribution >= 4 is 18.8 Å². The molecule has 0 atom stereocenters. The van der Waals surface area contributed by atoms with Crippen molar-refractivity contribution in [2.75, 3.05) is 6.61 Å². The van der Waals surface area contributed by atoms with Crippen LogP contribution in [0.15, 0.2) is 60.4 Å². The van der Waals surface area contributed by atoms with E-state index in [1.807, 2.05) is 31.2 Å². The zero-order valence-corrected chi connectivity index (χ0v) is 12.6. The van der Waals surface area contributed by atoms with E-state index in [0.717, 1.165) is 25.9 Å². The van der Waals surface area contributed by atoms with Gasteiger partial charge in [0.05, 0.1) is 12.2 Å². The number of rotatable bonds is 3. The zero-order chi connectivity index (χ0) is 16.0. The van der Waals surface area contributed by atoms with Gasteiger partial charge in [-0.1, -0.05) is 12.1 Å². The summed E-state index contributed by atoms with van der Waals surface area (Å²) in [6, 6.07) is 10.9. The summed E-state index contributed by atoms with van der Waals surface area (Å²) in [7, 11) is 0. The Morgan fingerprint density at radius 2 is 1.96 bits per heavy atom. The first-order valence-electron chi connectivity index (χ1n) is 7.60. The van der Waals surface area contributed by atoms with E-state index in [1.54, 1.807) is 24.3 Å². The molecule has 1 aromatic carbocycles. The SMILES string of the molecule is CCOc1ccc(C2=C3C=CC=[N+]3[B-](F)(F)n3cccc32)cc1. The highest BCUT2D eigenvalue weighted by Crippen LogP contribution is 2.38. The van der Waals surface area contributed by atoms with Crippen LogP contribution in [-0.2, 0) is 0 Å². The monoisotopic (exact) mass is 312 g/mol. The number of fused-ring (bicyclic) bond motifs is 2. The van der Waals surface area contributed by atoms with E-state index in [9.17, 15) is 8.63 Å². The second kappa shape index (κ2) is 4.94. The molecule has 0 saturated heterocycles. The smallest absolute Gasteiger partial charge is 0.494 e. The van der Waals surface area contributed by atoms with Crippen molar-refractivity contribution in [1.29, 1.82) is 0 Å². The third-order valence-electron chi connectivity index (χ3n) is 4.19. The quantitative estimate of drug-likeness (QED) is 0.793. The molecule has 0 amide bonds. The lowest BCUT2D eigenvalue weighted by Gasteiger charge is -2.30. The van der Waals surface area contributed by atoms with Gasteiger partial charge in [0.2, 0.25) is 0 Å². The highest BCUT2D eigenvalue weighted by molar-refractivity contribution is 6.57. The molecule has 3 nitrogen and oxygen atoms in total. The van der Waals surface area contributed by atoms with Crippen molar-refractivity contribution in [2.24, 2.45) is 0 Å².